The van der Waals surface area contributed by atoms with Crippen LogP contribution in [0.2, 0.25) is 0 Å². The Hall–Kier alpha value is -2.54. The number of aryl methyl sites for hydroxylation is 2. The van der Waals surface area contributed by atoms with E-state index in [0.717, 1.165) is 12.8 Å². The number of para-hydroxylation sites is 2. The Balaban J connectivity index is 2.16. The first-order valence-electron chi connectivity index (χ1n) is 8.43. The van der Waals surface area contributed by atoms with Crippen LogP contribution < -0.4 is 0 Å². The minimum atomic E-state index is 1.04. The average molecular weight is 299 g/mol. The van der Waals surface area contributed by atoms with Gasteiger partial charge in [0.25, 0.3) is 0 Å². The summed E-state index contributed by atoms with van der Waals surface area (Å²) < 4.78 is 2.43. The van der Waals surface area contributed by atoms with Gasteiger partial charge in [0.05, 0.1) is 11.0 Å². The molecule has 0 unspecified atom stereocenters. The second-order valence-electron chi connectivity index (χ2n) is 6.04. The van der Waals surface area contributed by atoms with Crippen LogP contribution in [0, 0.1) is 0 Å². The molecule has 0 fully saturated rings. The molecule has 114 valence electrons. The van der Waals surface area contributed by atoms with Crippen LogP contribution >= 0.6 is 0 Å². The molecule has 23 heavy (non-hydrogen) atoms. The van der Waals surface area contributed by atoms with E-state index in [4.69, 9.17) is 0 Å². The molecule has 0 saturated carbocycles. The molecule has 4 rings (SSSR count). The van der Waals surface area contributed by atoms with Crippen LogP contribution in [-0.4, -0.2) is 4.57 Å². The second kappa shape index (κ2) is 5.58. The first kappa shape index (κ1) is 14.1. The van der Waals surface area contributed by atoms with E-state index in [2.05, 4.69) is 85.1 Å². The molecule has 4 aromatic rings. The number of fused-ring (bicyclic) bond motifs is 3. The van der Waals surface area contributed by atoms with E-state index in [0.29, 0.717) is 0 Å². The fourth-order valence-electron chi connectivity index (χ4n) is 3.52. The molecule has 0 N–H and O–H groups in total. The van der Waals surface area contributed by atoms with Gasteiger partial charge in [0, 0.05) is 16.5 Å². The highest BCUT2D eigenvalue weighted by Gasteiger charge is 2.13. The van der Waals surface area contributed by atoms with Gasteiger partial charge in [0.15, 0.2) is 0 Å². The summed E-state index contributed by atoms with van der Waals surface area (Å²) in [5, 5.41) is 2.65. The molecule has 0 atom stereocenters. The van der Waals surface area contributed by atoms with Gasteiger partial charge in [-0.1, -0.05) is 62.4 Å². The van der Waals surface area contributed by atoms with Crippen molar-refractivity contribution in [2.45, 2.75) is 26.7 Å². The van der Waals surface area contributed by atoms with Gasteiger partial charge >= 0.3 is 0 Å². The smallest absolute Gasteiger partial charge is 0.0541 e. The average Bonchev–Trinajstić information content (AvgIpc) is 2.95. The monoisotopic (exact) mass is 299 g/mol. The first-order valence-corrected chi connectivity index (χ1v) is 8.43. The third kappa shape index (κ3) is 2.16. The van der Waals surface area contributed by atoms with E-state index in [1.165, 1.54) is 38.6 Å². The molecule has 3 aromatic carbocycles. The normalized spacial score (nSPS) is 11.4. The minimum Gasteiger partial charge on any atom is -0.309 e. The standard InChI is InChI=1S/C22H21N/c1-3-16-13-14-17(4-2)22(15-16)23-20-11-7-5-9-18(20)19-10-6-8-12-21(19)23/h5-15H,3-4H2,1-2H3. The van der Waals surface area contributed by atoms with E-state index in [9.17, 15) is 0 Å². The summed E-state index contributed by atoms with van der Waals surface area (Å²) in [5.41, 5.74) is 6.69. The molecule has 1 heterocycles. The van der Waals surface area contributed by atoms with Crippen LogP contribution in [0.4, 0.5) is 0 Å². The van der Waals surface area contributed by atoms with Crippen molar-refractivity contribution in [3.63, 3.8) is 0 Å². The maximum atomic E-state index is 2.43. The Morgan fingerprint density at radius 1 is 0.696 bits per heavy atom. The molecule has 0 amide bonds. The van der Waals surface area contributed by atoms with E-state index < -0.39 is 0 Å². The first-order chi connectivity index (χ1) is 11.3. The number of hydrogen-bond donors (Lipinski definition) is 0. The summed E-state index contributed by atoms with van der Waals surface area (Å²) >= 11 is 0. The molecule has 1 aromatic heterocycles. The molecular formula is C22H21N. The number of nitrogens with zero attached hydrogens (tertiary/aromatic N) is 1. The van der Waals surface area contributed by atoms with Crippen LogP contribution in [0.5, 0.6) is 0 Å². The summed E-state index contributed by atoms with van der Waals surface area (Å²) in [6.45, 7) is 4.45. The van der Waals surface area contributed by atoms with Gasteiger partial charge in [-0.05, 0) is 42.2 Å². The van der Waals surface area contributed by atoms with Crippen LogP contribution in [0.15, 0.2) is 66.7 Å². The predicted octanol–water partition coefficient (Wildman–Crippen LogP) is 5.91. The lowest BCUT2D eigenvalue weighted by atomic mass is 10.0. The van der Waals surface area contributed by atoms with Crippen molar-refractivity contribution >= 4 is 21.8 Å². The predicted molar refractivity (Wildman–Crippen MR) is 99.5 cm³/mol. The number of benzene rings is 3. The Kier molecular flexibility index (Phi) is 3.42. The molecule has 0 spiro atoms. The van der Waals surface area contributed by atoms with Crippen molar-refractivity contribution in [3.05, 3.63) is 77.9 Å². The molecule has 0 aliphatic carbocycles. The quantitative estimate of drug-likeness (QED) is 0.443. The van der Waals surface area contributed by atoms with Gasteiger partial charge in [-0.2, -0.15) is 0 Å². The van der Waals surface area contributed by atoms with Gasteiger partial charge in [0.1, 0.15) is 0 Å². The van der Waals surface area contributed by atoms with E-state index >= 15 is 0 Å². The van der Waals surface area contributed by atoms with Gasteiger partial charge in [-0.25, -0.2) is 0 Å². The largest absolute Gasteiger partial charge is 0.309 e. The van der Waals surface area contributed by atoms with Crippen molar-refractivity contribution in [1.29, 1.82) is 0 Å². The lowest BCUT2D eigenvalue weighted by Gasteiger charge is -2.14. The summed E-state index contributed by atoms with van der Waals surface area (Å²) in [6.07, 6.45) is 2.11. The zero-order chi connectivity index (χ0) is 15.8. The topological polar surface area (TPSA) is 4.93 Å². The van der Waals surface area contributed by atoms with Crippen molar-refractivity contribution in [2.75, 3.05) is 0 Å². The van der Waals surface area contributed by atoms with Crippen molar-refractivity contribution in [2.24, 2.45) is 0 Å². The van der Waals surface area contributed by atoms with E-state index in [1.807, 2.05) is 0 Å². The van der Waals surface area contributed by atoms with Crippen LogP contribution in [0.25, 0.3) is 27.5 Å². The van der Waals surface area contributed by atoms with Gasteiger partial charge in [0.2, 0.25) is 0 Å². The fraction of sp³-hybridized carbons (Fsp3) is 0.182. The van der Waals surface area contributed by atoms with Gasteiger partial charge in [-0.15, -0.1) is 0 Å². The summed E-state index contributed by atoms with van der Waals surface area (Å²) in [7, 11) is 0. The molecule has 0 saturated heterocycles. The van der Waals surface area contributed by atoms with Crippen LogP contribution in [0.3, 0.4) is 0 Å². The molecule has 0 radical (unpaired) electrons. The van der Waals surface area contributed by atoms with Crippen LogP contribution in [0.1, 0.15) is 25.0 Å². The third-order valence-electron chi connectivity index (χ3n) is 4.76. The Labute approximate surface area is 137 Å². The van der Waals surface area contributed by atoms with Crippen molar-refractivity contribution in [1.82, 2.24) is 4.57 Å². The molecule has 0 bridgehead atoms. The van der Waals surface area contributed by atoms with Crippen molar-refractivity contribution in [3.8, 4) is 5.69 Å². The minimum absolute atomic E-state index is 1.04. The number of hydrogen-bond acceptors (Lipinski definition) is 0. The lowest BCUT2D eigenvalue weighted by molar-refractivity contribution is 1.04. The zero-order valence-corrected chi connectivity index (χ0v) is 13.7. The fourth-order valence-corrected chi connectivity index (χ4v) is 3.52. The Morgan fingerprint density at radius 2 is 1.30 bits per heavy atom. The Morgan fingerprint density at radius 3 is 1.87 bits per heavy atom. The third-order valence-corrected chi connectivity index (χ3v) is 4.76. The molecule has 0 aliphatic rings. The molecule has 1 nitrogen and oxygen atoms in total. The van der Waals surface area contributed by atoms with E-state index in [-0.39, 0.29) is 0 Å². The van der Waals surface area contributed by atoms with Crippen LogP contribution in [-0.2, 0) is 12.8 Å². The van der Waals surface area contributed by atoms with Crippen molar-refractivity contribution < 1.29 is 0 Å². The highest BCUT2D eigenvalue weighted by Crippen LogP contribution is 2.33. The SMILES string of the molecule is CCc1ccc(CC)c(-n2c3ccccc3c3ccccc32)c1. The van der Waals surface area contributed by atoms with Gasteiger partial charge < -0.3 is 4.57 Å². The summed E-state index contributed by atoms with van der Waals surface area (Å²) in [4.78, 5) is 0. The number of rotatable bonds is 3. The molecule has 1 heteroatoms. The molecular weight excluding hydrogens is 278 g/mol. The lowest BCUT2D eigenvalue weighted by Crippen LogP contribution is -2.00. The second-order valence-corrected chi connectivity index (χ2v) is 6.04. The molecule has 0 aliphatic heterocycles. The maximum absolute atomic E-state index is 2.43. The highest BCUT2D eigenvalue weighted by atomic mass is 15.0. The summed E-state index contributed by atoms with van der Waals surface area (Å²) in [6, 6.07) is 24.3. The zero-order valence-electron chi connectivity index (χ0n) is 13.7. The summed E-state index contributed by atoms with van der Waals surface area (Å²) in [5.74, 6) is 0. The Bertz CT molecular complexity index is 938. The highest BCUT2D eigenvalue weighted by molar-refractivity contribution is 6.09. The van der Waals surface area contributed by atoms with Gasteiger partial charge in [-0.3, -0.25) is 0 Å². The van der Waals surface area contributed by atoms with E-state index in [1.54, 1.807) is 0 Å². The maximum Gasteiger partial charge on any atom is 0.0541 e. The number of aromatic nitrogens is 1.